The number of aromatic hydroxyl groups is 1. The van der Waals surface area contributed by atoms with Crippen molar-refractivity contribution in [1.82, 2.24) is 10.2 Å². The van der Waals surface area contributed by atoms with Crippen molar-refractivity contribution in [2.75, 3.05) is 26.2 Å². The second kappa shape index (κ2) is 6.95. The lowest BCUT2D eigenvalue weighted by Crippen LogP contribution is -2.38. The highest BCUT2D eigenvalue weighted by molar-refractivity contribution is 6.33. The van der Waals surface area contributed by atoms with E-state index in [1.165, 1.54) is 18.2 Å². The van der Waals surface area contributed by atoms with Crippen LogP contribution in [0.3, 0.4) is 0 Å². The Hall–Kier alpha value is -1.26. The lowest BCUT2D eigenvalue weighted by Gasteiger charge is -2.31. The molecule has 1 amide bonds. The summed E-state index contributed by atoms with van der Waals surface area (Å²) in [7, 11) is 0. The molecule has 2 N–H and O–H groups in total. The van der Waals surface area contributed by atoms with Gasteiger partial charge < -0.3 is 15.3 Å². The number of rotatable bonds is 4. The van der Waals surface area contributed by atoms with Gasteiger partial charge >= 0.3 is 0 Å². The molecule has 0 spiro atoms. The number of hydrogen-bond donors (Lipinski definition) is 2. The monoisotopic (exact) mass is 296 g/mol. The van der Waals surface area contributed by atoms with E-state index >= 15 is 0 Å². The summed E-state index contributed by atoms with van der Waals surface area (Å²) in [4.78, 5) is 14.5. The van der Waals surface area contributed by atoms with Gasteiger partial charge in [0.1, 0.15) is 5.75 Å². The largest absolute Gasteiger partial charge is 0.508 e. The van der Waals surface area contributed by atoms with Gasteiger partial charge in [-0.25, -0.2) is 0 Å². The number of carbonyl (C=O) groups excluding carboxylic acids is 1. The second-order valence-electron chi connectivity index (χ2n) is 5.25. The molecule has 1 saturated heterocycles. The van der Waals surface area contributed by atoms with Crippen molar-refractivity contribution in [3.8, 4) is 5.75 Å². The second-order valence-corrected chi connectivity index (χ2v) is 5.66. The molecule has 1 fully saturated rings. The number of likely N-dealkylation sites (tertiary alicyclic amines) is 1. The zero-order valence-electron chi connectivity index (χ0n) is 11.7. The Balaban J connectivity index is 1.85. The minimum atomic E-state index is -0.219. The van der Waals surface area contributed by atoms with Crippen molar-refractivity contribution in [1.29, 1.82) is 0 Å². The zero-order chi connectivity index (χ0) is 14.5. The molecule has 20 heavy (non-hydrogen) atoms. The lowest BCUT2D eigenvalue weighted by molar-refractivity contribution is 0.0936. The average molecular weight is 297 g/mol. The molecule has 110 valence electrons. The molecule has 0 radical (unpaired) electrons. The van der Waals surface area contributed by atoms with E-state index in [0.717, 1.165) is 32.5 Å². The van der Waals surface area contributed by atoms with E-state index in [1.54, 1.807) is 0 Å². The standard InChI is InChI=1S/C15H21ClN2O2/c1-2-18-7-5-11(6-8-18)10-17-15(20)13-9-12(19)3-4-14(13)16/h3-4,9,11,19H,2,5-8,10H2,1H3,(H,17,20). The molecule has 0 unspecified atom stereocenters. The fraction of sp³-hybridized carbons (Fsp3) is 0.533. The van der Waals surface area contributed by atoms with Crippen LogP contribution in [0.2, 0.25) is 5.02 Å². The molecule has 1 aromatic carbocycles. The fourth-order valence-corrected chi connectivity index (χ4v) is 2.73. The normalized spacial score (nSPS) is 17.1. The van der Waals surface area contributed by atoms with Crippen molar-refractivity contribution in [3.63, 3.8) is 0 Å². The number of piperidine rings is 1. The number of amides is 1. The van der Waals surface area contributed by atoms with E-state index in [1.807, 2.05) is 0 Å². The molecule has 5 heteroatoms. The van der Waals surface area contributed by atoms with Gasteiger partial charge in [0.25, 0.3) is 5.91 Å². The van der Waals surface area contributed by atoms with Gasteiger partial charge in [0.15, 0.2) is 0 Å². The summed E-state index contributed by atoms with van der Waals surface area (Å²) in [6.07, 6.45) is 2.23. The Labute approximate surface area is 124 Å². The van der Waals surface area contributed by atoms with Gasteiger partial charge in [-0.2, -0.15) is 0 Å². The summed E-state index contributed by atoms with van der Waals surface area (Å²) in [5, 5.41) is 12.7. The van der Waals surface area contributed by atoms with Crippen LogP contribution in [-0.4, -0.2) is 42.1 Å². The highest BCUT2D eigenvalue weighted by atomic mass is 35.5. The van der Waals surface area contributed by atoms with E-state index in [4.69, 9.17) is 11.6 Å². The first-order valence-electron chi connectivity index (χ1n) is 7.09. The van der Waals surface area contributed by atoms with Gasteiger partial charge in [0.05, 0.1) is 10.6 Å². The van der Waals surface area contributed by atoms with Gasteiger partial charge in [-0.1, -0.05) is 18.5 Å². The Morgan fingerprint density at radius 3 is 2.80 bits per heavy atom. The molecule has 1 heterocycles. The summed E-state index contributed by atoms with van der Waals surface area (Å²) in [6.45, 7) is 6.14. The number of nitrogens with one attached hydrogen (secondary N) is 1. The Morgan fingerprint density at radius 1 is 1.45 bits per heavy atom. The molecule has 0 bridgehead atoms. The molecule has 1 aromatic rings. The lowest BCUT2D eigenvalue weighted by atomic mass is 9.97. The SMILES string of the molecule is CCN1CCC(CNC(=O)c2cc(O)ccc2Cl)CC1. The summed E-state index contributed by atoms with van der Waals surface area (Å²) >= 11 is 5.97. The third-order valence-corrected chi connectivity index (χ3v) is 4.23. The van der Waals surface area contributed by atoms with E-state index in [2.05, 4.69) is 17.1 Å². The van der Waals surface area contributed by atoms with Crippen molar-refractivity contribution in [3.05, 3.63) is 28.8 Å². The quantitative estimate of drug-likeness (QED) is 0.897. The smallest absolute Gasteiger partial charge is 0.252 e. The van der Waals surface area contributed by atoms with Gasteiger partial charge in [0.2, 0.25) is 0 Å². The van der Waals surface area contributed by atoms with E-state index in [9.17, 15) is 9.90 Å². The molecular formula is C15H21ClN2O2. The minimum absolute atomic E-state index is 0.0517. The average Bonchev–Trinajstić information content (AvgIpc) is 2.47. The van der Waals surface area contributed by atoms with Crippen molar-refractivity contribution in [2.45, 2.75) is 19.8 Å². The van der Waals surface area contributed by atoms with Crippen LogP contribution in [0, 0.1) is 5.92 Å². The summed E-state index contributed by atoms with van der Waals surface area (Å²) in [5.41, 5.74) is 0.331. The topological polar surface area (TPSA) is 52.6 Å². The molecular weight excluding hydrogens is 276 g/mol. The van der Waals surface area contributed by atoms with E-state index in [0.29, 0.717) is 23.0 Å². The van der Waals surface area contributed by atoms with Gasteiger partial charge in [0, 0.05) is 6.54 Å². The predicted molar refractivity (Wildman–Crippen MR) is 80.3 cm³/mol. The van der Waals surface area contributed by atoms with Crippen molar-refractivity contribution < 1.29 is 9.90 Å². The zero-order valence-corrected chi connectivity index (χ0v) is 12.5. The maximum absolute atomic E-state index is 12.1. The van der Waals surface area contributed by atoms with Gasteiger partial charge in [-0.3, -0.25) is 4.79 Å². The van der Waals surface area contributed by atoms with Gasteiger partial charge in [-0.15, -0.1) is 0 Å². The summed E-state index contributed by atoms with van der Waals surface area (Å²) in [6, 6.07) is 4.41. The summed E-state index contributed by atoms with van der Waals surface area (Å²) in [5.74, 6) is 0.359. The first kappa shape index (κ1) is 15.1. The Bertz CT molecular complexity index is 471. The molecule has 2 rings (SSSR count). The number of phenols is 1. The number of halogens is 1. The summed E-state index contributed by atoms with van der Waals surface area (Å²) < 4.78 is 0. The number of benzene rings is 1. The van der Waals surface area contributed by atoms with Crippen LogP contribution >= 0.6 is 11.6 Å². The molecule has 4 nitrogen and oxygen atoms in total. The molecule has 1 aliphatic rings. The highest BCUT2D eigenvalue weighted by Gasteiger charge is 2.19. The molecule has 1 aliphatic heterocycles. The van der Waals surface area contributed by atoms with Crippen LogP contribution in [0.5, 0.6) is 5.75 Å². The van der Waals surface area contributed by atoms with Crippen LogP contribution in [0.25, 0.3) is 0 Å². The van der Waals surface area contributed by atoms with Gasteiger partial charge in [-0.05, 0) is 56.6 Å². The van der Waals surface area contributed by atoms with Crippen LogP contribution in [0.15, 0.2) is 18.2 Å². The molecule has 0 aromatic heterocycles. The number of hydrogen-bond acceptors (Lipinski definition) is 3. The van der Waals surface area contributed by atoms with Crippen molar-refractivity contribution in [2.24, 2.45) is 5.92 Å². The Morgan fingerprint density at radius 2 is 2.15 bits per heavy atom. The first-order chi connectivity index (χ1) is 9.60. The number of phenolic OH excluding ortho intramolecular Hbond substituents is 1. The predicted octanol–water partition coefficient (Wildman–Crippen LogP) is 2.51. The van der Waals surface area contributed by atoms with E-state index in [-0.39, 0.29) is 11.7 Å². The van der Waals surface area contributed by atoms with Crippen LogP contribution in [0.4, 0.5) is 0 Å². The molecule has 0 aliphatic carbocycles. The highest BCUT2D eigenvalue weighted by Crippen LogP contribution is 2.21. The Kier molecular flexibility index (Phi) is 5.26. The third kappa shape index (κ3) is 3.87. The minimum Gasteiger partial charge on any atom is -0.508 e. The van der Waals surface area contributed by atoms with E-state index < -0.39 is 0 Å². The van der Waals surface area contributed by atoms with Crippen molar-refractivity contribution >= 4 is 17.5 Å². The number of carbonyl (C=O) groups is 1. The number of nitrogens with zero attached hydrogens (tertiary/aromatic N) is 1. The van der Waals surface area contributed by atoms with Crippen LogP contribution in [-0.2, 0) is 0 Å². The maximum Gasteiger partial charge on any atom is 0.252 e. The fourth-order valence-electron chi connectivity index (χ4n) is 2.53. The molecule has 0 saturated carbocycles. The third-order valence-electron chi connectivity index (χ3n) is 3.90. The molecule has 0 atom stereocenters. The van der Waals surface area contributed by atoms with Crippen LogP contribution in [0.1, 0.15) is 30.1 Å². The van der Waals surface area contributed by atoms with Crippen LogP contribution < -0.4 is 5.32 Å². The maximum atomic E-state index is 12.1. The first-order valence-corrected chi connectivity index (χ1v) is 7.47.